The monoisotopic (exact) mass is 513 g/mol. The van der Waals surface area contributed by atoms with Crippen LogP contribution >= 0.6 is 23.2 Å². The van der Waals surface area contributed by atoms with E-state index in [-0.39, 0.29) is 18.1 Å². The number of aromatic nitrogens is 2. The number of benzene rings is 2. The molecule has 9 nitrogen and oxygen atoms in total. The van der Waals surface area contributed by atoms with Crippen molar-refractivity contribution in [3.8, 4) is 23.3 Å². The largest absolute Gasteiger partial charge is 0.495 e. The first-order valence-corrected chi connectivity index (χ1v) is 10.8. The number of rotatable bonds is 9. The van der Waals surface area contributed by atoms with Crippen LogP contribution in [0.25, 0.3) is 0 Å². The predicted octanol–water partition coefficient (Wildman–Crippen LogP) is 5.45. The van der Waals surface area contributed by atoms with Crippen LogP contribution in [0.2, 0.25) is 10.0 Å². The number of hydrogen-bond donors (Lipinski definition) is 2. The molecule has 0 saturated carbocycles. The Kier molecular flexibility index (Phi) is 8.36. The van der Waals surface area contributed by atoms with Crippen LogP contribution < -0.4 is 24.8 Å². The number of nitriles is 1. The summed E-state index contributed by atoms with van der Waals surface area (Å²) < 4.78 is 16.3. The molecule has 2 aromatic carbocycles. The lowest BCUT2D eigenvalue weighted by molar-refractivity contribution is -0.112. The highest BCUT2D eigenvalue weighted by molar-refractivity contribution is 6.37. The molecule has 0 unspecified atom stereocenters. The van der Waals surface area contributed by atoms with E-state index in [0.717, 1.165) is 5.56 Å². The Morgan fingerprint density at radius 1 is 1.14 bits per heavy atom. The summed E-state index contributed by atoms with van der Waals surface area (Å²) >= 11 is 12.8. The molecule has 180 valence electrons. The Morgan fingerprint density at radius 3 is 2.34 bits per heavy atom. The molecule has 35 heavy (non-hydrogen) atoms. The average Bonchev–Trinajstić information content (AvgIpc) is 2.86. The van der Waals surface area contributed by atoms with E-state index in [1.54, 1.807) is 24.3 Å². The highest BCUT2D eigenvalue weighted by Gasteiger charge is 2.18. The van der Waals surface area contributed by atoms with Crippen molar-refractivity contribution < 1.29 is 19.0 Å². The third-order valence-electron chi connectivity index (χ3n) is 4.84. The zero-order valence-electron chi connectivity index (χ0n) is 19.1. The summed E-state index contributed by atoms with van der Waals surface area (Å²) in [7, 11) is 2.98. The molecule has 0 saturated heterocycles. The van der Waals surface area contributed by atoms with Gasteiger partial charge in [-0.2, -0.15) is 5.26 Å². The summed E-state index contributed by atoms with van der Waals surface area (Å²) in [5.41, 5.74) is 2.13. The minimum absolute atomic E-state index is 0.0259. The van der Waals surface area contributed by atoms with Crippen LogP contribution in [0.15, 0.2) is 48.8 Å². The smallest absolute Gasteiger partial charge is 0.265 e. The van der Waals surface area contributed by atoms with E-state index in [9.17, 15) is 4.79 Å². The SMILES string of the molecule is C=C(C#N)C(=O)Nc1cccc(C)c1Nc1ncc(OCc2c(Cl)c(OC)cc(OC)c2Cl)cn1. The van der Waals surface area contributed by atoms with E-state index in [2.05, 4.69) is 27.2 Å². The molecule has 0 aliphatic rings. The number of aryl methyl sites for hydroxylation is 1. The number of anilines is 3. The van der Waals surface area contributed by atoms with Crippen molar-refractivity contribution in [2.75, 3.05) is 24.9 Å². The third-order valence-corrected chi connectivity index (χ3v) is 5.67. The zero-order valence-corrected chi connectivity index (χ0v) is 20.6. The number of amides is 1. The fourth-order valence-corrected chi connectivity index (χ4v) is 3.58. The van der Waals surface area contributed by atoms with Crippen molar-refractivity contribution in [2.45, 2.75) is 13.5 Å². The molecule has 0 spiro atoms. The topological polar surface area (TPSA) is 118 Å². The number of nitrogens with one attached hydrogen (secondary N) is 2. The molecule has 0 aliphatic heterocycles. The standard InChI is InChI=1S/C24H21Cl2N5O4/c1-13-6-5-7-17(30-23(32)14(2)9-27)22(13)31-24-28-10-15(11-29-24)35-12-16-20(25)18(33-3)8-19(34-4)21(16)26/h5-8,10-11H,2,12H2,1,3-4H3,(H,30,32)(H,28,29,31). The van der Waals surface area contributed by atoms with E-state index >= 15 is 0 Å². The zero-order chi connectivity index (χ0) is 25.5. The van der Waals surface area contributed by atoms with Crippen LogP contribution in [-0.4, -0.2) is 30.1 Å². The van der Waals surface area contributed by atoms with Gasteiger partial charge in [-0.25, -0.2) is 9.97 Å². The van der Waals surface area contributed by atoms with E-state index in [0.29, 0.717) is 44.2 Å². The van der Waals surface area contributed by atoms with Gasteiger partial charge in [0.05, 0.1) is 48.0 Å². The van der Waals surface area contributed by atoms with Crippen molar-refractivity contribution in [3.05, 3.63) is 70.0 Å². The lowest BCUT2D eigenvalue weighted by atomic mass is 10.1. The van der Waals surface area contributed by atoms with E-state index < -0.39 is 5.91 Å². The van der Waals surface area contributed by atoms with Gasteiger partial charge in [-0.15, -0.1) is 0 Å². The maximum atomic E-state index is 12.1. The van der Waals surface area contributed by atoms with Crippen molar-refractivity contribution in [1.29, 1.82) is 5.26 Å². The van der Waals surface area contributed by atoms with E-state index in [1.165, 1.54) is 26.6 Å². The lowest BCUT2D eigenvalue weighted by Gasteiger charge is -2.16. The minimum atomic E-state index is -0.600. The normalized spacial score (nSPS) is 10.2. The molecule has 0 atom stereocenters. The number of nitrogens with zero attached hydrogens (tertiary/aromatic N) is 3. The quantitative estimate of drug-likeness (QED) is 0.286. The Labute approximate surface area is 212 Å². The van der Waals surface area contributed by atoms with Gasteiger partial charge in [0.15, 0.2) is 5.75 Å². The van der Waals surface area contributed by atoms with Gasteiger partial charge in [0, 0.05) is 11.6 Å². The highest BCUT2D eigenvalue weighted by atomic mass is 35.5. The second-order valence-corrected chi connectivity index (χ2v) is 7.84. The fraction of sp³-hybridized carbons (Fsp3) is 0.167. The van der Waals surface area contributed by atoms with Crippen molar-refractivity contribution in [1.82, 2.24) is 9.97 Å². The molecule has 3 rings (SSSR count). The van der Waals surface area contributed by atoms with Gasteiger partial charge in [0.25, 0.3) is 5.91 Å². The molecular formula is C24H21Cl2N5O4. The molecule has 1 amide bonds. The molecule has 0 radical (unpaired) electrons. The van der Waals surface area contributed by atoms with Gasteiger partial charge in [0.1, 0.15) is 29.7 Å². The van der Waals surface area contributed by atoms with Gasteiger partial charge in [-0.3, -0.25) is 4.79 Å². The number of methoxy groups -OCH3 is 2. The van der Waals surface area contributed by atoms with Gasteiger partial charge in [-0.1, -0.05) is 41.9 Å². The Balaban J connectivity index is 1.76. The Hall–Kier alpha value is -4.00. The number of ether oxygens (including phenoxy) is 3. The average molecular weight is 514 g/mol. The molecule has 2 N–H and O–H groups in total. The van der Waals surface area contributed by atoms with Crippen molar-refractivity contribution in [2.24, 2.45) is 0 Å². The second-order valence-electron chi connectivity index (χ2n) is 7.09. The van der Waals surface area contributed by atoms with Crippen LogP contribution in [0.3, 0.4) is 0 Å². The highest BCUT2D eigenvalue weighted by Crippen LogP contribution is 2.40. The number of hydrogen-bond acceptors (Lipinski definition) is 8. The van der Waals surface area contributed by atoms with Crippen molar-refractivity contribution >= 4 is 46.4 Å². The minimum Gasteiger partial charge on any atom is -0.495 e. The number of halogens is 2. The molecule has 0 bridgehead atoms. The van der Waals surface area contributed by atoms with Crippen LogP contribution in [-0.2, 0) is 11.4 Å². The van der Waals surface area contributed by atoms with Gasteiger partial charge >= 0.3 is 0 Å². The molecule has 1 heterocycles. The molecule has 0 fully saturated rings. The third kappa shape index (κ3) is 5.93. The molecule has 3 aromatic rings. The first kappa shape index (κ1) is 25.6. The number of para-hydroxylation sites is 1. The van der Waals surface area contributed by atoms with Gasteiger partial charge in [-0.05, 0) is 18.6 Å². The Bertz CT molecular complexity index is 1280. The first-order valence-electron chi connectivity index (χ1n) is 10.1. The number of carbonyl (C=O) groups excluding carboxylic acids is 1. The number of carbonyl (C=O) groups is 1. The summed E-state index contributed by atoms with van der Waals surface area (Å²) in [5, 5.41) is 15.2. The fourth-order valence-electron chi connectivity index (χ4n) is 2.97. The van der Waals surface area contributed by atoms with Gasteiger partial charge < -0.3 is 24.8 Å². The van der Waals surface area contributed by atoms with Crippen molar-refractivity contribution in [3.63, 3.8) is 0 Å². The molecule has 0 aliphatic carbocycles. The summed E-state index contributed by atoms with van der Waals surface area (Å²) in [6.07, 6.45) is 2.95. The van der Waals surface area contributed by atoms with Crippen LogP contribution in [0.5, 0.6) is 17.2 Å². The summed E-state index contributed by atoms with van der Waals surface area (Å²) in [6, 6.07) is 8.62. The van der Waals surface area contributed by atoms with Gasteiger partial charge in [0.2, 0.25) is 5.95 Å². The molecular weight excluding hydrogens is 493 g/mol. The summed E-state index contributed by atoms with van der Waals surface area (Å²) in [4.78, 5) is 20.6. The molecule has 11 heteroatoms. The molecule has 1 aromatic heterocycles. The second kappa shape index (κ2) is 11.4. The maximum Gasteiger partial charge on any atom is 0.265 e. The first-order chi connectivity index (χ1) is 16.8. The van der Waals surface area contributed by atoms with E-state index in [1.807, 2.05) is 13.0 Å². The summed E-state index contributed by atoms with van der Waals surface area (Å²) in [5.74, 6) is 0.842. The Morgan fingerprint density at radius 2 is 1.77 bits per heavy atom. The maximum absolute atomic E-state index is 12.1. The van der Waals surface area contributed by atoms with E-state index in [4.69, 9.17) is 42.7 Å². The predicted molar refractivity (Wildman–Crippen MR) is 134 cm³/mol. The summed E-state index contributed by atoms with van der Waals surface area (Å²) in [6.45, 7) is 5.30. The van der Waals surface area contributed by atoms with Crippen LogP contribution in [0.4, 0.5) is 17.3 Å². The van der Waals surface area contributed by atoms with Crippen LogP contribution in [0, 0.1) is 18.3 Å². The van der Waals surface area contributed by atoms with Crippen LogP contribution in [0.1, 0.15) is 11.1 Å². The lowest BCUT2D eigenvalue weighted by Crippen LogP contribution is -2.14.